The highest BCUT2D eigenvalue weighted by Crippen LogP contribution is 2.15. The zero-order chi connectivity index (χ0) is 13.1. The summed E-state index contributed by atoms with van der Waals surface area (Å²) in [5.74, 6) is 0. The maximum absolute atomic E-state index is 11.5. The first-order valence-corrected chi connectivity index (χ1v) is 5.87. The predicted octanol–water partition coefficient (Wildman–Crippen LogP) is 3.67. The zero-order valence-electron chi connectivity index (χ0n) is 10.6. The molecule has 0 radical (unpaired) electrons. The number of halogens is 1. The Bertz CT molecular complexity index is 410. The quantitative estimate of drug-likeness (QED) is 0.876. The largest absolute Gasteiger partial charge is 0.444 e. The lowest BCUT2D eigenvalue weighted by molar-refractivity contribution is 0.0523. The van der Waals surface area contributed by atoms with E-state index in [-0.39, 0.29) is 0 Å². The number of hydrogen-bond acceptors (Lipinski definition) is 2. The van der Waals surface area contributed by atoms with Crippen molar-refractivity contribution in [2.24, 2.45) is 0 Å². The van der Waals surface area contributed by atoms with Gasteiger partial charge >= 0.3 is 6.09 Å². The summed E-state index contributed by atoms with van der Waals surface area (Å²) in [6, 6.07) is 5.57. The summed E-state index contributed by atoms with van der Waals surface area (Å²) in [7, 11) is 0. The number of carbonyl (C=O) groups is 1. The van der Waals surface area contributed by atoms with E-state index >= 15 is 0 Å². The molecule has 0 unspecified atom stereocenters. The first kappa shape index (κ1) is 13.8. The molecular weight excluding hydrogens is 238 g/mol. The normalized spacial score (nSPS) is 11.1. The second-order valence-electron chi connectivity index (χ2n) is 4.93. The van der Waals surface area contributed by atoms with Crippen LogP contribution in [0.5, 0.6) is 0 Å². The molecule has 1 rings (SSSR count). The van der Waals surface area contributed by atoms with Gasteiger partial charge in [0.2, 0.25) is 0 Å². The number of amides is 1. The van der Waals surface area contributed by atoms with E-state index in [9.17, 15) is 4.79 Å². The standard InChI is InChI=1S/C13H18ClNO2/c1-9-7-11(14)6-5-10(9)8-15-12(16)17-13(2,3)4/h5-7H,8H2,1-4H3,(H,15,16). The van der Waals surface area contributed by atoms with Gasteiger partial charge in [-0.1, -0.05) is 17.7 Å². The molecule has 0 fully saturated rings. The van der Waals surface area contributed by atoms with Gasteiger partial charge in [-0.05, 0) is 51.0 Å². The van der Waals surface area contributed by atoms with Gasteiger partial charge in [0.05, 0.1) is 0 Å². The number of aryl methyl sites for hydroxylation is 1. The van der Waals surface area contributed by atoms with Crippen LogP contribution in [-0.4, -0.2) is 11.7 Å². The molecule has 0 aliphatic heterocycles. The van der Waals surface area contributed by atoms with Crippen LogP contribution in [-0.2, 0) is 11.3 Å². The van der Waals surface area contributed by atoms with E-state index in [0.29, 0.717) is 11.6 Å². The van der Waals surface area contributed by atoms with E-state index in [2.05, 4.69) is 5.32 Å². The average Bonchev–Trinajstić information content (AvgIpc) is 2.13. The highest BCUT2D eigenvalue weighted by molar-refractivity contribution is 6.30. The first-order valence-electron chi connectivity index (χ1n) is 5.50. The summed E-state index contributed by atoms with van der Waals surface area (Å²) in [6.45, 7) is 7.90. The van der Waals surface area contributed by atoms with Gasteiger partial charge in [-0.25, -0.2) is 4.79 Å². The van der Waals surface area contributed by atoms with Gasteiger partial charge < -0.3 is 10.1 Å². The minimum Gasteiger partial charge on any atom is -0.444 e. The molecule has 0 aromatic heterocycles. The molecule has 0 saturated heterocycles. The molecule has 94 valence electrons. The van der Waals surface area contributed by atoms with E-state index in [4.69, 9.17) is 16.3 Å². The SMILES string of the molecule is Cc1cc(Cl)ccc1CNC(=O)OC(C)(C)C. The van der Waals surface area contributed by atoms with Crippen molar-refractivity contribution in [3.8, 4) is 0 Å². The fourth-order valence-electron chi connectivity index (χ4n) is 1.34. The van der Waals surface area contributed by atoms with E-state index in [0.717, 1.165) is 11.1 Å². The number of ether oxygens (including phenoxy) is 1. The summed E-state index contributed by atoms with van der Waals surface area (Å²) < 4.78 is 5.15. The molecule has 0 bridgehead atoms. The fourth-order valence-corrected chi connectivity index (χ4v) is 1.57. The predicted molar refractivity (Wildman–Crippen MR) is 69.3 cm³/mol. The van der Waals surface area contributed by atoms with Crippen molar-refractivity contribution in [3.05, 3.63) is 34.3 Å². The minimum absolute atomic E-state index is 0.410. The third-order valence-electron chi connectivity index (χ3n) is 2.13. The molecule has 1 amide bonds. The molecule has 4 heteroatoms. The minimum atomic E-state index is -0.473. The lowest BCUT2D eigenvalue weighted by atomic mass is 10.1. The number of rotatable bonds is 2. The van der Waals surface area contributed by atoms with Gasteiger partial charge in [-0.2, -0.15) is 0 Å². The molecule has 1 N–H and O–H groups in total. The molecule has 0 aliphatic rings. The number of carbonyl (C=O) groups excluding carboxylic acids is 1. The molecule has 1 aromatic carbocycles. The van der Waals surface area contributed by atoms with Crippen LogP contribution in [0.2, 0.25) is 5.02 Å². The van der Waals surface area contributed by atoms with E-state index in [1.165, 1.54) is 0 Å². The van der Waals surface area contributed by atoms with Crippen LogP contribution in [0.4, 0.5) is 4.79 Å². The molecule has 0 aliphatic carbocycles. The Morgan fingerprint density at radius 2 is 2.06 bits per heavy atom. The maximum atomic E-state index is 11.5. The van der Waals surface area contributed by atoms with Crippen LogP contribution in [0.15, 0.2) is 18.2 Å². The van der Waals surface area contributed by atoms with Gasteiger partial charge in [0.1, 0.15) is 5.60 Å². The number of nitrogens with one attached hydrogen (secondary N) is 1. The van der Waals surface area contributed by atoms with Crippen molar-refractivity contribution in [2.45, 2.75) is 39.8 Å². The lowest BCUT2D eigenvalue weighted by Crippen LogP contribution is -2.32. The number of hydrogen-bond donors (Lipinski definition) is 1. The molecule has 0 spiro atoms. The molecule has 0 atom stereocenters. The third-order valence-corrected chi connectivity index (χ3v) is 2.36. The van der Waals surface area contributed by atoms with Crippen molar-refractivity contribution in [3.63, 3.8) is 0 Å². The van der Waals surface area contributed by atoms with Crippen molar-refractivity contribution in [1.29, 1.82) is 0 Å². The Balaban J connectivity index is 2.53. The second-order valence-corrected chi connectivity index (χ2v) is 5.36. The maximum Gasteiger partial charge on any atom is 0.407 e. The van der Waals surface area contributed by atoms with Gasteiger partial charge in [-0.3, -0.25) is 0 Å². The summed E-state index contributed by atoms with van der Waals surface area (Å²) in [6.07, 6.45) is -0.410. The summed E-state index contributed by atoms with van der Waals surface area (Å²) in [5.41, 5.74) is 1.60. The van der Waals surface area contributed by atoms with Crippen LogP contribution < -0.4 is 5.32 Å². The van der Waals surface area contributed by atoms with Crippen LogP contribution in [0.25, 0.3) is 0 Å². The lowest BCUT2D eigenvalue weighted by Gasteiger charge is -2.19. The Labute approximate surface area is 107 Å². The average molecular weight is 256 g/mol. The molecular formula is C13H18ClNO2. The molecule has 1 aromatic rings. The third kappa shape index (κ3) is 5.09. The highest BCUT2D eigenvalue weighted by atomic mass is 35.5. The molecule has 3 nitrogen and oxygen atoms in total. The van der Waals surface area contributed by atoms with E-state index < -0.39 is 11.7 Å². The van der Waals surface area contributed by atoms with Crippen molar-refractivity contribution >= 4 is 17.7 Å². The summed E-state index contributed by atoms with van der Waals surface area (Å²) >= 11 is 5.85. The monoisotopic (exact) mass is 255 g/mol. The van der Waals surface area contributed by atoms with E-state index in [1.54, 1.807) is 6.07 Å². The number of alkyl carbamates (subject to hydrolysis) is 1. The Morgan fingerprint density at radius 1 is 1.41 bits per heavy atom. The fraction of sp³-hybridized carbons (Fsp3) is 0.462. The molecule has 0 heterocycles. The van der Waals surface area contributed by atoms with Crippen LogP contribution >= 0.6 is 11.6 Å². The Morgan fingerprint density at radius 3 is 2.59 bits per heavy atom. The van der Waals surface area contributed by atoms with Crippen molar-refractivity contribution < 1.29 is 9.53 Å². The van der Waals surface area contributed by atoms with Gasteiger partial charge in [0, 0.05) is 11.6 Å². The summed E-state index contributed by atoms with van der Waals surface area (Å²) in [4.78, 5) is 11.5. The Kier molecular flexibility index (Phi) is 4.40. The second kappa shape index (κ2) is 5.41. The van der Waals surface area contributed by atoms with Crippen LogP contribution in [0.1, 0.15) is 31.9 Å². The van der Waals surface area contributed by atoms with Gasteiger partial charge in [-0.15, -0.1) is 0 Å². The van der Waals surface area contributed by atoms with Crippen LogP contribution in [0.3, 0.4) is 0 Å². The van der Waals surface area contributed by atoms with Crippen LogP contribution in [0, 0.1) is 6.92 Å². The van der Waals surface area contributed by atoms with Crippen molar-refractivity contribution in [1.82, 2.24) is 5.32 Å². The van der Waals surface area contributed by atoms with Gasteiger partial charge in [0.25, 0.3) is 0 Å². The first-order chi connectivity index (χ1) is 7.78. The molecule has 0 saturated carbocycles. The van der Waals surface area contributed by atoms with Crippen molar-refractivity contribution in [2.75, 3.05) is 0 Å². The number of benzene rings is 1. The smallest absolute Gasteiger partial charge is 0.407 e. The topological polar surface area (TPSA) is 38.3 Å². The van der Waals surface area contributed by atoms with Gasteiger partial charge in [0.15, 0.2) is 0 Å². The highest BCUT2D eigenvalue weighted by Gasteiger charge is 2.15. The zero-order valence-corrected chi connectivity index (χ0v) is 11.4. The Hall–Kier alpha value is -1.22. The van der Waals surface area contributed by atoms with E-state index in [1.807, 2.05) is 39.8 Å². The molecule has 17 heavy (non-hydrogen) atoms. The summed E-state index contributed by atoms with van der Waals surface area (Å²) in [5, 5.41) is 3.41.